The van der Waals surface area contributed by atoms with Gasteiger partial charge in [-0.3, -0.25) is 9.59 Å². The third-order valence-corrected chi connectivity index (χ3v) is 5.15. The van der Waals surface area contributed by atoms with Crippen molar-refractivity contribution in [2.24, 2.45) is 0 Å². The molecule has 1 saturated carbocycles. The highest BCUT2D eigenvalue weighted by atomic mass is 16.3. The lowest BCUT2D eigenvalue weighted by atomic mass is 9.90. The first-order valence-corrected chi connectivity index (χ1v) is 8.21. The maximum Gasteiger partial charge on any atom is 0.223 e. The molecule has 0 radical (unpaired) electrons. The lowest BCUT2D eigenvalue weighted by Crippen LogP contribution is -2.24. The standard InChI is InChI=1S/C18H22N2O4/c1-11-17(23)15(21)7-9-19(11)13-3-5-14(6-4-13)20-10-8-16(22)18(24)12(20)2/h7-10,13-14,23-24H,3-6H2,1-2H3/t13-,14-. The van der Waals surface area contributed by atoms with Gasteiger partial charge in [-0.25, -0.2) is 0 Å². The molecule has 3 rings (SSSR count). The van der Waals surface area contributed by atoms with E-state index in [9.17, 15) is 19.8 Å². The number of nitrogens with zero attached hydrogens (tertiary/aromatic N) is 2. The summed E-state index contributed by atoms with van der Waals surface area (Å²) in [4.78, 5) is 23.0. The summed E-state index contributed by atoms with van der Waals surface area (Å²) >= 11 is 0. The fourth-order valence-corrected chi connectivity index (χ4v) is 3.68. The summed E-state index contributed by atoms with van der Waals surface area (Å²) < 4.78 is 3.95. The summed E-state index contributed by atoms with van der Waals surface area (Å²) in [6, 6.07) is 3.28. The summed E-state index contributed by atoms with van der Waals surface area (Å²) in [6.07, 6.45) is 7.11. The predicted molar refractivity (Wildman–Crippen MR) is 90.7 cm³/mol. The van der Waals surface area contributed by atoms with Crippen molar-refractivity contribution >= 4 is 0 Å². The molecule has 0 amide bonds. The van der Waals surface area contributed by atoms with Crippen LogP contribution >= 0.6 is 0 Å². The molecule has 2 N–H and O–H groups in total. The maximum atomic E-state index is 11.5. The molecule has 0 saturated heterocycles. The van der Waals surface area contributed by atoms with Crippen LogP contribution in [-0.4, -0.2) is 19.3 Å². The molecule has 0 aliphatic heterocycles. The second kappa shape index (κ2) is 6.19. The van der Waals surface area contributed by atoms with Gasteiger partial charge in [-0.1, -0.05) is 0 Å². The average molecular weight is 330 g/mol. The molecule has 1 aliphatic rings. The number of aromatic nitrogens is 2. The van der Waals surface area contributed by atoms with Crippen molar-refractivity contribution in [2.75, 3.05) is 0 Å². The van der Waals surface area contributed by atoms with Crippen LogP contribution < -0.4 is 10.9 Å². The van der Waals surface area contributed by atoms with Gasteiger partial charge in [0, 0.05) is 36.6 Å². The number of hydrogen-bond acceptors (Lipinski definition) is 4. The first-order valence-electron chi connectivity index (χ1n) is 8.21. The Balaban J connectivity index is 1.80. The highest BCUT2D eigenvalue weighted by molar-refractivity contribution is 5.27. The Bertz CT molecular complexity index is 800. The van der Waals surface area contributed by atoms with Crippen LogP contribution in [0.25, 0.3) is 0 Å². The molecule has 2 aromatic heterocycles. The van der Waals surface area contributed by atoms with Crippen LogP contribution in [0.5, 0.6) is 11.5 Å². The molecule has 6 heteroatoms. The Morgan fingerprint density at radius 3 is 1.46 bits per heavy atom. The van der Waals surface area contributed by atoms with Gasteiger partial charge < -0.3 is 19.3 Å². The van der Waals surface area contributed by atoms with Crippen molar-refractivity contribution in [1.29, 1.82) is 0 Å². The van der Waals surface area contributed by atoms with Crippen molar-refractivity contribution < 1.29 is 10.2 Å². The minimum Gasteiger partial charge on any atom is -0.503 e. The van der Waals surface area contributed by atoms with Gasteiger partial charge in [-0.15, -0.1) is 0 Å². The van der Waals surface area contributed by atoms with Crippen LogP contribution in [0.4, 0.5) is 0 Å². The van der Waals surface area contributed by atoms with E-state index in [1.54, 1.807) is 26.2 Å². The van der Waals surface area contributed by atoms with Gasteiger partial charge >= 0.3 is 0 Å². The first kappa shape index (κ1) is 16.4. The number of hydrogen-bond donors (Lipinski definition) is 2. The molecule has 0 bridgehead atoms. The fraction of sp³-hybridized carbons (Fsp3) is 0.444. The molecule has 6 nitrogen and oxygen atoms in total. The Morgan fingerprint density at radius 2 is 1.12 bits per heavy atom. The fourth-order valence-electron chi connectivity index (χ4n) is 3.68. The summed E-state index contributed by atoms with van der Waals surface area (Å²) in [5.41, 5.74) is 0.500. The molecule has 2 aromatic rings. The van der Waals surface area contributed by atoms with Crippen LogP contribution in [0, 0.1) is 13.8 Å². The highest BCUT2D eigenvalue weighted by Gasteiger charge is 2.25. The largest absolute Gasteiger partial charge is 0.503 e. The Hall–Kier alpha value is -2.50. The van der Waals surface area contributed by atoms with E-state index in [-0.39, 0.29) is 34.4 Å². The zero-order chi connectivity index (χ0) is 17.4. The predicted octanol–water partition coefficient (Wildman–Crippen LogP) is 2.39. The number of pyridine rings is 2. The Kier molecular flexibility index (Phi) is 4.22. The molecule has 0 aromatic carbocycles. The lowest BCUT2D eigenvalue weighted by molar-refractivity contribution is 0.264. The summed E-state index contributed by atoms with van der Waals surface area (Å²) in [6.45, 7) is 3.51. The van der Waals surface area contributed by atoms with E-state index >= 15 is 0 Å². The topological polar surface area (TPSA) is 84.5 Å². The van der Waals surface area contributed by atoms with Crippen molar-refractivity contribution in [1.82, 2.24) is 9.13 Å². The van der Waals surface area contributed by atoms with E-state index in [1.807, 2.05) is 9.13 Å². The molecule has 2 heterocycles. The molecule has 128 valence electrons. The van der Waals surface area contributed by atoms with Gasteiger partial charge in [-0.05, 0) is 39.5 Å². The molecular weight excluding hydrogens is 308 g/mol. The van der Waals surface area contributed by atoms with Gasteiger partial charge in [0.1, 0.15) is 0 Å². The van der Waals surface area contributed by atoms with E-state index in [1.165, 1.54) is 12.1 Å². The zero-order valence-corrected chi connectivity index (χ0v) is 13.9. The summed E-state index contributed by atoms with van der Waals surface area (Å²) in [7, 11) is 0. The molecule has 24 heavy (non-hydrogen) atoms. The molecule has 1 fully saturated rings. The summed E-state index contributed by atoms with van der Waals surface area (Å²) in [5, 5.41) is 19.7. The highest BCUT2D eigenvalue weighted by Crippen LogP contribution is 2.36. The van der Waals surface area contributed by atoms with Crippen molar-refractivity contribution in [2.45, 2.75) is 51.6 Å². The van der Waals surface area contributed by atoms with Gasteiger partial charge in [-0.2, -0.15) is 0 Å². The molecular formula is C18H22N2O4. The van der Waals surface area contributed by atoms with E-state index < -0.39 is 0 Å². The van der Waals surface area contributed by atoms with Crippen molar-refractivity contribution in [3.63, 3.8) is 0 Å². The first-order chi connectivity index (χ1) is 11.4. The van der Waals surface area contributed by atoms with E-state index in [0.717, 1.165) is 25.7 Å². The van der Waals surface area contributed by atoms with Crippen LogP contribution in [0.2, 0.25) is 0 Å². The third-order valence-electron chi connectivity index (χ3n) is 5.15. The van der Waals surface area contributed by atoms with Crippen LogP contribution in [0.15, 0.2) is 34.1 Å². The minimum atomic E-state index is -0.350. The molecule has 0 spiro atoms. The molecule has 0 unspecified atom stereocenters. The third kappa shape index (κ3) is 2.72. The van der Waals surface area contributed by atoms with Crippen LogP contribution in [-0.2, 0) is 0 Å². The zero-order valence-electron chi connectivity index (χ0n) is 13.9. The molecule has 1 aliphatic carbocycles. The second-order valence-corrected chi connectivity index (χ2v) is 6.50. The van der Waals surface area contributed by atoms with Crippen LogP contribution in [0.1, 0.15) is 49.2 Å². The van der Waals surface area contributed by atoms with E-state index in [0.29, 0.717) is 11.4 Å². The SMILES string of the molecule is Cc1c(O)c(=O)ccn1[C@H]1CC[C@H](n2ccc(=O)c(O)c2C)CC1. The molecule has 0 atom stereocenters. The lowest BCUT2D eigenvalue weighted by Gasteiger charge is -2.33. The number of rotatable bonds is 2. The average Bonchev–Trinajstić information content (AvgIpc) is 2.58. The van der Waals surface area contributed by atoms with Gasteiger partial charge in [0.15, 0.2) is 11.5 Å². The van der Waals surface area contributed by atoms with Gasteiger partial charge in [0.05, 0.1) is 11.4 Å². The number of aromatic hydroxyl groups is 2. The van der Waals surface area contributed by atoms with E-state index in [2.05, 4.69) is 0 Å². The normalized spacial score (nSPS) is 20.9. The smallest absolute Gasteiger partial charge is 0.223 e. The Morgan fingerprint density at radius 1 is 0.792 bits per heavy atom. The van der Waals surface area contributed by atoms with Crippen LogP contribution in [0.3, 0.4) is 0 Å². The minimum absolute atomic E-state index is 0.180. The quantitative estimate of drug-likeness (QED) is 0.885. The maximum absolute atomic E-state index is 11.5. The second-order valence-electron chi connectivity index (χ2n) is 6.50. The van der Waals surface area contributed by atoms with Crippen molar-refractivity contribution in [3.8, 4) is 11.5 Å². The summed E-state index contributed by atoms with van der Waals surface area (Å²) in [5.74, 6) is -0.360. The van der Waals surface area contributed by atoms with E-state index in [4.69, 9.17) is 0 Å². The monoisotopic (exact) mass is 330 g/mol. The van der Waals surface area contributed by atoms with Crippen molar-refractivity contribution in [3.05, 3.63) is 56.4 Å². The van der Waals surface area contributed by atoms with Gasteiger partial charge in [0.2, 0.25) is 10.9 Å². The van der Waals surface area contributed by atoms with Gasteiger partial charge in [0.25, 0.3) is 0 Å². The Labute approximate surface area is 139 Å².